The normalized spacial score (nSPS) is 17.7. The van der Waals surface area contributed by atoms with Crippen LogP contribution in [0.2, 0.25) is 10.0 Å². The number of carboxylic acid groups (broad SMARTS) is 1. The van der Waals surface area contributed by atoms with Crippen LogP contribution in [0.3, 0.4) is 0 Å². The molecule has 2 aromatic rings. The van der Waals surface area contributed by atoms with Crippen molar-refractivity contribution in [2.45, 2.75) is 12.8 Å². The van der Waals surface area contributed by atoms with Gasteiger partial charge in [0.1, 0.15) is 0 Å². The standard InChI is InChI=1S/C21H23Cl2N3O2/c22-17-7-8-19(20(23)12-17)18-6-2-1-4-15(18)13-25-24-9-11-26-10-3-5-16(14-26)21(27)28/h1-2,4,6-8,12-13,16,24H,3,5,9-11,14H2,(H,27,28)/b25-13+. The average Bonchev–Trinajstić information content (AvgIpc) is 2.68. The van der Waals surface area contributed by atoms with Crippen LogP contribution >= 0.6 is 23.2 Å². The average molecular weight is 420 g/mol. The van der Waals surface area contributed by atoms with Crippen LogP contribution in [0.1, 0.15) is 18.4 Å². The molecule has 5 nitrogen and oxygen atoms in total. The van der Waals surface area contributed by atoms with Gasteiger partial charge in [-0.3, -0.25) is 4.79 Å². The van der Waals surface area contributed by atoms with Crippen molar-refractivity contribution in [2.24, 2.45) is 11.0 Å². The molecule has 0 bridgehead atoms. The van der Waals surface area contributed by atoms with Gasteiger partial charge in [-0.05, 0) is 37.1 Å². The predicted molar refractivity (Wildman–Crippen MR) is 114 cm³/mol. The number of aliphatic carboxylic acids is 1. The SMILES string of the molecule is O=C(O)C1CCCN(CCN/N=C/c2ccccc2-c2ccc(Cl)cc2Cl)C1. The number of carbonyl (C=O) groups is 1. The highest BCUT2D eigenvalue weighted by Crippen LogP contribution is 2.31. The lowest BCUT2D eigenvalue weighted by Gasteiger charge is -2.30. The van der Waals surface area contributed by atoms with Crippen molar-refractivity contribution in [3.05, 3.63) is 58.1 Å². The van der Waals surface area contributed by atoms with E-state index in [1.165, 1.54) is 0 Å². The molecule has 1 aliphatic heterocycles. The molecule has 3 rings (SSSR count). The van der Waals surface area contributed by atoms with E-state index in [0.29, 0.717) is 23.1 Å². The highest BCUT2D eigenvalue weighted by molar-refractivity contribution is 6.36. The van der Waals surface area contributed by atoms with E-state index in [2.05, 4.69) is 15.4 Å². The third-order valence-corrected chi connectivity index (χ3v) is 5.42. The van der Waals surface area contributed by atoms with E-state index in [1.54, 1.807) is 12.3 Å². The van der Waals surface area contributed by atoms with Gasteiger partial charge in [0.15, 0.2) is 0 Å². The van der Waals surface area contributed by atoms with Crippen molar-refractivity contribution in [1.82, 2.24) is 10.3 Å². The van der Waals surface area contributed by atoms with Crippen LogP contribution in [0, 0.1) is 5.92 Å². The van der Waals surface area contributed by atoms with Gasteiger partial charge in [-0.1, -0.05) is 53.5 Å². The number of hydrogen-bond donors (Lipinski definition) is 2. The summed E-state index contributed by atoms with van der Waals surface area (Å²) >= 11 is 12.3. The van der Waals surface area contributed by atoms with Crippen LogP contribution in [0.5, 0.6) is 0 Å². The predicted octanol–water partition coefficient (Wildman–Crippen LogP) is 4.38. The van der Waals surface area contributed by atoms with E-state index in [9.17, 15) is 4.79 Å². The zero-order valence-electron chi connectivity index (χ0n) is 15.4. The maximum Gasteiger partial charge on any atom is 0.307 e. The molecule has 2 N–H and O–H groups in total. The number of halogens is 2. The molecule has 1 aliphatic rings. The van der Waals surface area contributed by atoms with Crippen molar-refractivity contribution in [3.63, 3.8) is 0 Å². The first-order valence-electron chi connectivity index (χ1n) is 9.30. The third-order valence-electron chi connectivity index (χ3n) is 4.87. The lowest BCUT2D eigenvalue weighted by Crippen LogP contribution is -2.41. The second kappa shape index (κ2) is 9.92. The van der Waals surface area contributed by atoms with Crippen molar-refractivity contribution in [2.75, 3.05) is 26.2 Å². The fourth-order valence-corrected chi connectivity index (χ4v) is 3.92. The molecule has 1 atom stereocenters. The Labute approximate surface area is 175 Å². The number of nitrogens with zero attached hydrogens (tertiary/aromatic N) is 2. The van der Waals surface area contributed by atoms with Gasteiger partial charge in [0.05, 0.1) is 12.1 Å². The zero-order valence-corrected chi connectivity index (χ0v) is 17.0. The Kier molecular flexibility index (Phi) is 7.31. The second-order valence-electron chi connectivity index (χ2n) is 6.86. The van der Waals surface area contributed by atoms with E-state index in [1.807, 2.05) is 36.4 Å². The Morgan fingerprint density at radius 3 is 2.86 bits per heavy atom. The van der Waals surface area contributed by atoms with E-state index < -0.39 is 5.97 Å². The third kappa shape index (κ3) is 5.47. The minimum absolute atomic E-state index is 0.256. The van der Waals surface area contributed by atoms with Gasteiger partial charge >= 0.3 is 5.97 Å². The monoisotopic (exact) mass is 419 g/mol. The molecular weight excluding hydrogens is 397 g/mol. The molecule has 1 unspecified atom stereocenters. The summed E-state index contributed by atoms with van der Waals surface area (Å²) in [5.74, 6) is -0.957. The van der Waals surface area contributed by atoms with Crippen molar-refractivity contribution in [1.29, 1.82) is 0 Å². The molecule has 1 heterocycles. The summed E-state index contributed by atoms with van der Waals surface area (Å²) < 4.78 is 0. The number of piperidine rings is 1. The minimum Gasteiger partial charge on any atom is -0.481 e. The van der Waals surface area contributed by atoms with Crippen molar-refractivity contribution < 1.29 is 9.90 Å². The zero-order chi connectivity index (χ0) is 19.9. The molecule has 0 aliphatic carbocycles. The molecular formula is C21H23Cl2N3O2. The minimum atomic E-state index is -0.701. The Morgan fingerprint density at radius 1 is 1.25 bits per heavy atom. The topological polar surface area (TPSA) is 64.9 Å². The van der Waals surface area contributed by atoms with Gasteiger partial charge in [0.25, 0.3) is 0 Å². The fourth-order valence-electron chi connectivity index (χ4n) is 3.41. The smallest absolute Gasteiger partial charge is 0.307 e. The van der Waals surface area contributed by atoms with Gasteiger partial charge in [-0.25, -0.2) is 0 Å². The fraction of sp³-hybridized carbons (Fsp3) is 0.333. The molecule has 148 valence electrons. The van der Waals surface area contributed by atoms with Gasteiger partial charge in [-0.2, -0.15) is 5.10 Å². The van der Waals surface area contributed by atoms with Crippen LogP contribution < -0.4 is 5.43 Å². The van der Waals surface area contributed by atoms with Crippen molar-refractivity contribution >= 4 is 35.4 Å². The number of hydrogen-bond acceptors (Lipinski definition) is 4. The van der Waals surface area contributed by atoms with E-state index in [-0.39, 0.29) is 5.92 Å². The van der Waals surface area contributed by atoms with Crippen LogP contribution in [-0.2, 0) is 4.79 Å². The molecule has 0 spiro atoms. The summed E-state index contributed by atoms with van der Waals surface area (Å²) in [4.78, 5) is 13.3. The van der Waals surface area contributed by atoms with E-state index in [0.717, 1.165) is 42.6 Å². The van der Waals surface area contributed by atoms with E-state index in [4.69, 9.17) is 28.3 Å². The van der Waals surface area contributed by atoms with Gasteiger partial charge in [0, 0.05) is 40.8 Å². The van der Waals surface area contributed by atoms with Gasteiger partial charge in [0.2, 0.25) is 0 Å². The molecule has 0 saturated carbocycles. The van der Waals surface area contributed by atoms with E-state index >= 15 is 0 Å². The summed E-state index contributed by atoms with van der Waals surface area (Å²) in [7, 11) is 0. The largest absolute Gasteiger partial charge is 0.481 e. The van der Waals surface area contributed by atoms with Crippen LogP contribution in [-0.4, -0.2) is 48.4 Å². The Bertz CT molecular complexity index is 857. The molecule has 1 saturated heterocycles. The first-order chi connectivity index (χ1) is 13.5. The molecule has 2 aromatic carbocycles. The highest BCUT2D eigenvalue weighted by atomic mass is 35.5. The quantitative estimate of drug-likeness (QED) is 0.397. The Hall–Kier alpha value is -2.08. The molecule has 7 heteroatoms. The summed E-state index contributed by atoms with van der Waals surface area (Å²) in [5.41, 5.74) is 5.89. The molecule has 0 radical (unpaired) electrons. The summed E-state index contributed by atoms with van der Waals surface area (Å²) in [5, 5.41) is 14.7. The lowest BCUT2D eigenvalue weighted by atomic mass is 9.98. The first kappa shape index (κ1) is 20.6. The summed E-state index contributed by atoms with van der Waals surface area (Å²) in [6, 6.07) is 13.3. The number of hydrazone groups is 1. The van der Waals surface area contributed by atoms with Crippen LogP contribution in [0.4, 0.5) is 0 Å². The molecule has 0 aromatic heterocycles. The maximum absolute atomic E-state index is 11.1. The second-order valence-corrected chi connectivity index (χ2v) is 7.70. The number of nitrogens with one attached hydrogen (secondary N) is 1. The number of likely N-dealkylation sites (tertiary alicyclic amines) is 1. The highest BCUT2D eigenvalue weighted by Gasteiger charge is 2.24. The maximum atomic E-state index is 11.1. The van der Waals surface area contributed by atoms with Crippen LogP contribution in [0.15, 0.2) is 47.6 Å². The summed E-state index contributed by atoms with van der Waals surface area (Å²) in [6.07, 6.45) is 3.47. The number of benzene rings is 2. The van der Waals surface area contributed by atoms with Crippen molar-refractivity contribution in [3.8, 4) is 11.1 Å². The lowest BCUT2D eigenvalue weighted by molar-refractivity contribution is -0.143. The Morgan fingerprint density at radius 2 is 2.07 bits per heavy atom. The number of carboxylic acids is 1. The molecule has 0 amide bonds. The summed E-state index contributed by atoms with van der Waals surface area (Å²) in [6.45, 7) is 2.98. The Balaban J connectivity index is 1.57. The molecule has 28 heavy (non-hydrogen) atoms. The van der Waals surface area contributed by atoms with Crippen LogP contribution in [0.25, 0.3) is 11.1 Å². The first-order valence-corrected chi connectivity index (χ1v) is 10.1. The molecule has 1 fully saturated rings. The number of rotatable bonds is 7. The van der Waals surface area contributed by atoms with Gasteiger partial charge < -0.3 is 15.4 Å². The van der Waals surface area contributed by atoms with Gasteiger partial charge in [-0.15, -0.1) is 0 Å².